The number of aromatic nitrogens is 2. The summed E-state index contributed by atoms with van der Waals surface area (Å²) in [4.78, 5) is 0. The Kier molecular flexibility index (Phi) is 4.01. The fourth-order valence-electron chi connectivity index (χ4n) is 1.59. The Balaban J connectivity index is 2.11. The molecule has 0 saturated carbocycles. The van der Waals surface area contributed by atoms with Crippen molar-refractivity contribution < 1.29 is 9.13 Å². The summed E-state index contributed by atoms with van der Waals surface area (Å²) in [5.41, 5.74) is 0.595. The van der Waals surface area contributed by atoms with Crippen molar-refractivity contribution in [1.29, 1.82) is 0 Å². The molecule has 1 aromatic carbocycles. The molecule has 1 aromatic heterocycles. The number of halogens is 2. The molecule has 0 radical (unpaired) electrons. The molecular formula is C13H14BrFN2O. The summed E-state index contributed by atoms with van der Waals surface area (Å²) >= 11 is 3.23. The molecule has 0 N–H and O–H groups in total. The standard InChI is InChI=1S/C13H14BrFN2O/c1-9(2)18-12-6-16-17(8-12)7-10-3-4-11(14)5-13(10)15/h3-6,8-9H,7H2,1-2H3. The first-order valence-corrected chi connectivity index (χ1v) is 6.47. The van der Waals surface area contributed by atoms with E-state index in [0.717, 1.165) is 4.47 Å². The summed E-state index contributed by atoms with van der Waals surface area (Å²) in [5.74, 6) is 0.453. The van der Waals surface area contributed by atoms with Crippen molar-refractivity contribution in [1.82, 2.24) is 9.78 Å². The number of benzene rings is 1. The van der Waals surface area contributed by atoms with Gasteiger partial charge in [0.25, 0.3) is 0 Å². The van der Waals surface area contributed by atoms with Crippen LogP contribution in [0.5, 0.6) is 5.75 Å². The van der Waals surface area contributed by atoms with E-state index >= 15 is 0 Å². The molecule has 0 spiro atoms. The molecule has 2 aromatic rings. The molecule has 0 aliphatic heterocycles. The van der Waals surface area contributed by atoms with Gasteiger partial charge in [-0.05, 0) is 26.0 Å². The highest BCUT2D eigenvalue weighted by atomic mass is 79.9. The lowest BCUT2D eigenvalue weighted by Gasteiger charge is -2.06. The van der Waals surface area contributed by atoms with Crippen molar-refractivity contribution in [2.24, 2.45) is 0 Å². The number of nitrogens with zero attached hydrogens (tertiary/aromatic N) is 2. The smallest absolute Gasteiger partial charge is 0.157 e. The van der Waals surface area contributed by atoms with Gasteiger partial charge in [0.2, 0.25) is 0 Å². The van der Waals surface area contributed by atoms with E-state index in [1.165, 1.54) is 6.07 Å². The van der Waals surface area contributed by atoms with Crippen molar-refractivity contribution in [3.05, 3.63) is 46.4 Å². The van der Waals surface area contributed by atoms with E-state index in [4.69, 9.17) is 4.74 Å². The summed E-state index contributed by atoms with van der Waals surface area (Å²) < 4.78 is 21.5. The van der Waals surface area contributed by atoms with Crippen molar-refractivity contribution in [3.63, 3.8) is 0 Å². The van der Waals surface area contributed by atoms with Gasteiger partial charge < -0.3 is 4.74 Å². The van der Waals surface area contributed by atoms with Gasteiger partial charge in [0, 0.05) is 10.0 Å². The van der Waals surface area contributed by atoms with Crippen LogP contribution in [-0.4, -0.2) is 15.9 Å². The third kappa shape index (κ3) is 3.32. The maximum Gasteiger partial charge on any atom is 0.157 e. The average Bonchev–Trinajstić information content (AvgIpc) is 2.69. The topological polar surface area (TPSA) is 27.1 Å². The van der Waals surface area contributed by atoms with Gasteiger partial charge >= 0.3 is 0 Å². The first kappa shape index (κ1) is 13.1. The van der Waals surface area contributed by atoms with E-state index < -0.39 is 0 Å². The molecule has 2 rings (SSSR count). The highest BCUT2D eigenvalue weighted by Gasteiger charge is 2.06. The Labute approximate surface area is 114 Å². The molecular weight excluding hydrogens is 299 g/mol. The summed E-state index contributed by atoms with van der Waals surface area (Å²) in [6, 6.07) is 5.00. The van der Waals surface area contributed by atoms with Crippen LogP contribution < -0.4 is 4.74 Å². The molecule has 0 atom stereocenters. The Hall–Kier alpha value is -1.36. The molecule has 0 amide bonds. The lowest BCUT2D eigenvalue weighted by molar-refractivity contribution is 0.242. The van der Waals surface area contributed by atoms with E-state index in [1.807, 2.05) is 19.9 Å². The molecule has 96 valence electrons. The third-order valence-corrected chi connectivity index (χ3v) is 2.82. The van der Waals surface area contributed by atoms with Gasteiger partial charge in [-0.3, -0.25) is 4.68 Å². The number of hydrogen-bond donors (Lipinski definition) is 0. The van der Waals surface area contributed by atoms with Gasteiger partial charge in [0.15, 0.2) is 5.75 Å². The Morgan fingerprint density at radius 1 is 1.44 bits per heavy atom. The van der Waals surface area contributed by atoms with E-state index in [9.17, 15) is 4.39 Å². The van der Waals surface area contributed by atoms with E-state index in [1.54, 1.807) is 23.1 Å². The molecule has 0 fully saturated rings. The summed E-state index contributed by atoms with van der Waals surface area (Å²) in [6.07, 6.45) is 3.50. The highest BCUT2D eigenvalue weighted by molar-refractivity contribution is 9.10. The minimum atomic E-state index is -0.244. The molecule has 0 bridgehead atoms. The zero-order valence-corrected chi connectivity index (χ0v) is 11.8. The molecule has 18 heavy (non-hydrogen) atoms. The first-order valence-electron chi connectivity index (χ1n) is 5.67. The lowest BCUT2D eigenvalue weighted by atomic mass is 10.2. The van der Waals surface area contributed by atoms with Crippen LogP contribution in [0.25, 0.3) is 0 Å². The molecule has 3 nitrogen and oxygen atoms in total. The third-order valence-electron chi connectivity index (χ3n) is 2.33. The minimum absolute atomic E-state index is 0.104. The second-order valence-corrected chi connectivity index (χ2v) is 5.19. The van der Waals surface area contributed by atoms with Gasteiger partial charge in [-0.15, -0.1) is 0 Å². The number of rotatable bonds is 4. The Bertz CT molecular complexity index is 540. The molecule has 1 heterocycles. The highest BCUT2D eigenvalue weighted by Crippen LogP contribution is 2.17. The fraction of sp³-hybridized carbons (Fsp3) is 0.308. The second-order valence-electron chi connectivity index (χ2n) is 4.28. The number of hydrogen-bond acceptors (Lipinski definition) is 2. The van der Waals surface area contributed by atoms with Gasteiger partial charge in [0.1, 0.15) is 5.82 Å². The average molecular weight is 313 g/mol. The van der Waals surface area contributed by atoms with Crippen molar-refractivity contribution >= 4 is 15.9 Å². The molecule has 0 aliphatic carbocycles. The van der Waals surface area contributed by atoms with Gasteiger partial charge in [0.05, 0.1) is 25.0 Å². The summed E-state index contributed by atoms with van der Waals surface area (Å²) in [5, 5.41) is 4.14. The zero-order chi connectivity index (χ0) is 13.1. The maximum absolute atomic E-state index is 13.7. The largest absolute Gasteiger partial charge is 0.488 e. The molecule has 5 heteroatoms. The zero-order valence-electron chi connectivity index (χ0n) is 10.2. The van der Waals surface area contributed by atoms with Crippen molar-refractivity contribution in [2.45, 2.75) is 26.5 Å². The van der Waals surface area contributed by atoms with Crippen LogP contribution in [0.3, 0.4) is 0 Å². The van der Waals surface area contributed by atoms with Crippen LogP contribution in [0.1, 0.15) is 19.4 Å². The number of ether oxygens (including phenoxy) is 1. The lowest BCUT2D eigenvalue weighted by Crippen LogP contribution is -2.05. The summed E-state index contributed by atoms with van der Waals surface area (Å²) in [6.45, 7) is 4.29. The quantitative estimate of drug-likeness (QED) is 0.862. The van der Waals surface area contributed by atoms with Crippen LogP contribution in [-0.2, 0) is 6.54 Å². The van der Waals surface area contributed by atoms with Crippen LogP contribution in [0.15, 0.2) is 35.1 Å². The van der Waals surface area contributed by atoms with E-state index in [0.29, 0.717) is 17.9 Å². The second kappa shape index (κ2) is 5.52. The van der Waals surface area contributed by atoms with Gasteiger partial charge in [-0.1, -0.05) is 22.0 Å². The normalized spacial score (nSPS) is 10.9. The SMILES string of the molecule is CC(C)Oc1cnn(Cc2ccc(Br)cc2F)c1. The monoisotopic (exact) mass is 312 g/mol. The van der Waals surface area contributed by atoms with Crippen molar-refractivity contribution in [3.8, 4) is 5.75 Å². The fourth-order valence-corrected chi connectivity index (χ4v) is 1.92. The Morgan fingerprint density at radius 2 is 2.22 bits per heavy atom. The van der Waals surface area contributed by atoms with E-state index in [2.05, 4.69) is 21.0 Å². The van der Waals surface area contributed by atoms with E-state index in [-0.39, 0.29) is 11.9 Å². The predicted octanol–water partition coefficient (Wildman–Crippen LogP) is 3.62. The van der Waals surface area contributed by atoms with Crippen LogP contribution >= 0.6 is 15.9 Å². The maximum atomic E-state index is 13.7. The Morgan fingerprint density at radius 3 is 2.89 bits per heavy atom. The minimum Gasteiger partial charge on any atom is -0.488 e. The van der Waals surface area contributed by atoms with Crippen molar-refractivity contribution in [2.75, 3.05) is 0 Å². The van der Waals surface area contributed by atoms with Crippen LogP contribution in [0, 0.1) is 5.82 Å². The molecule has 0 unspecified atom stereocenters. The molecule has 0 aliphatic rings. The predicted molar refractivity (Wildman–Crippen MR) is 71.2 cm³/mol. The van der Waals surface area contributed by atoms with Gasteiger partial charge in [-0.25, -0.2) is 4.39 Å². The van der Waals surface area contributed by atoms with Crippen LogP contribution in [0.4, 0.5) is 4.39 Å². The molecule has 0 saturated heterocycles. The summed E-state index contributed by atoms with van der Waals surface area (Å²) in [7, 11) is 0. The van der Waals surface area contributed by atoms with Gasteiger partial charge in [-0.2, -0.15) is 5.10 Å². The first-order chi connectivity index (χ1) is 8.54. The van der Waals surface area contributed by atoms with Crippen LogP contribution in [0.2, 0.25) is 0 Å².